The number of hydrogen-bond donors (Lipinski definition) is 2. The van der Waals surface area contributed by atoms with Crippen molar-refractivity contribution in [2.45, 2.75) is 11.8 Å². The standard InChI is InChI=1S/C12H19BrN2O3S/c1-10-3-4-11(9-12(10)13)19(16,17)15-6-5-14-7-8-18-2/h3-4,9,14-15H,5-8H2,1-2H3. The fourth-order valence-electron chi connectivity index (χ4n) is 1.40. The van der Waals surface area contributed by atoms with Crippen LogP contribution in [0.25, 0.3) is 0 Å². The summed E-state index contributed by atoms with van der Waals surface area (Å²) in [5, 5.41) is 3.07. The summed E-state index contributed by atoms with van der Waals surface area (Å²) in [7, 11) is -1.82. The summed E-state index contributed by atoms with van der Waals surface area (Å²) in [6, 6.07) is 4.98. The second kappa shape index (κ2) is 7.96. The second-order valence-electron chi connectivity index (χ2n) is 4.05. The molecule has 0 bridgehead atoms. The molecule has 2 N–H and O–H groups in total. The van der Waals surface area contributed by atoms with E-state index in [4.69, 9.17) is 4.74 Å². The van der Waals surface area contributed by atoms with E-state index >= 15 is 0 Å². The molecule has 0 aliphatic heterocycles. The predicted octanol–water partition coefficient (Wildman–Crippen LogP) is 1.27. The van der Waals surface area contributed by atoms with Crippen molar-refractivity contribution in [1.82, 2.24) is 10.0 Å². The van der Waals surface area contributed by atoms with Crippen LogP contribution in [-0.2, 0) is 14.8 Å². The summed E-state index contributed by atoms with van der Waals surface area (Å²) >= 11 is 3.33. The lowest BCUT2D eigenvalue weighted by Gasteiger charge is -2.08. The van der Waals surface area contributed by atoms with Crippen LogP contribution in [0.2, 0.25) is 0 Å². The third kappa shape index (κ3) is 5.58. The lowest BCUT2D eigenvalue weighted by atomic mass is 10.2. The first-order valence-electron chi connectivity index (χ1n) is 5.93. The van der Waals surface area contributed by atoms with Crippen LogP contribution in [0.1, 0.15) is 5.56 Å². The average Bonchev–Trinajstić information content (AvgIpc) is 2.36. The van der Waals surface area contributed by atoms with Crippen LogP contribution in [0, 0.1) is 6.92 Å². The maximum atomic E-state index is 12.0. The van der Waals surface area contributed by atoms with Crippen molar-refractivity contribution in [3.05, 3.63) is 28.2 Å². The summed E-state index contributed by atoms with van der Waals surface area (Å²) in [4.78, 5) is 0.266. The van der Waals surface area contributed by atoms with Crippen LogP contribution >= 0.6 is 15.9 Å². The number of sulfonamides is 1. The van der Waals surface area contributed by atoms with Gasteiger partial charge in [-0.25, -0.2) is 13.1 Å². The molecule has 0 aliphatic rings. The van der Waals surface area contributed by atoms with Gasteiger partial charge in [0.2, 0.25) is 10.0 Å². The minimum Gasteiger partial charge on any atom is -0.383 e. The number of rotatable bonds is 8. The van der Waals surface area contributed by atoms with E-state index in [1.54, 1.807) is 25.3 Å². The van der Waals surface area contributed by atoms with Crippen molar-refractivity contribution >= 4 is 26.0 Å². The van der Waals surface area contributed by atoms with Gasteiger partial charge in [0.25, 0.3) is 0 Å². The minimum absolute atomic E-state index is 0.266. The number of ether oxygens (including phenoxy) is 1. The number of aryl methyl sites for hydroxylation is 1. The Bertz CT molecular complexity index is 506. The maximum Gasteiger partial charge on any atom is 0.240 e. The second-order valence-corrected chi connectivity index (χ2v) is 6.67. The van der Waals surface area contributed by atoms with Gasteiger partial charge in [0.1, 0.15) is 0 Å². The van der Waals surface area contributed by atoms with E-state index in [0.717, 1.165) is 10.0 Å². The molecule has 0 heterocycles. The lowest BCUT2D eigenvalue weighted by Crippen LogP contribution is -2.33. The largest absolute Gasteiger partial charge is 0.383 e. The van der Waals surface area contributed by atoms with Gasteiger partial charge in [0.15, 0.2) is 0 Å². The molecule has 0 spiro atoms. The molecule has 19 heavy (non-hydrogen) atoms. The number of methoxy groups -OCH3 is 1. The van der Waals surface area contributed by atoms with E-state index in [9.17, 15) is 8.42 Å². The molecule has 0 aliphatic carbocycles. The van der Waals surface area contributed by atoms with Crippen molar-refractivity contribution in [3.63, 3.8) is 0 Å². The van der Waals surface area contributed by atoms with Gasteiger partial charge in [0, 0.05) is 31.2 Å². The van der Waals surface area contributed by atoms with Crippen LogP contribution in [-0.4, -0.2) is 41.8 Å². The van der Waals surface area contributed by atoms with Crippen LogP contribution in [0.15, 0.2) is 27.6 Å². The van der Waals surface area contributed by atoms with Crippen molar-refractivity contribution in [3.8, 4) is 0 Å². The number of hydrogen-bond acceptors (Lipinski definition) is 4. The fourth-order valence-corrected chi connectivity index (χ4v) is 2.99. The molecule has 0 saturated carbocycles. The van der Waals surface area contributed by atoms with Gasteiger partial charge >= 0.3 is 0 Å². The highest BCUT2D eigenvalue weighted by Gasteiger charge is 2.13. The zero-order chi connectivity index (χ0) is 14.3. The zero-order valence-corrected chi connectivity index (χ0v) is 13.5. The van der Waals surface area contributed by atoms with Crippen molar-refractivity contribution < 1.29 is 13.2 Å². The van der Waals surface area contributed by atoms with Gasteiger partial charge in [0.05, 0.1) is 11.5 Å². The van der Waals surface area contributed by atoms with Crippen LogP contribution in [0.5, 0.6) is 0 Å². The van der Waals surface area contributed by atoms with Crippen molar-refractivity contribution in [2.75, 3.05) is 33.4 Å². The van der Waals surface area contributed by atoms with E-state index in [1.807, 2.05) is 6.92 Å². The first kappa shape index (κ1) is 16.6. The Morgan fingerprint density at radius 1 is 1.26 bits per heavy atom. The molecule has 0 saturated heterocycles. The van der Waals surface area contributed by atoms with Crippen molar-refractivity contribution in [1.29, 1.82) is 0 Å². The van der Waals surface area contributed by atoms with Gasteiger partial charge in [-0.1, -0.05) is 22.0 Å². The van der Waals surface area contributed by atoms with E-state index in [1.165, 1.54) is 0 Å². The Morgan fingerprint density at radius 2 is 2.00 bits per heavy atom. The third-order valence-corrected chi connectivity index (χ3v) is 4.84. The van der Waals surface area contributed by atoms with Gasteiger partial charge < -0.3 is 10.1 Å². The Labute approximate surface area is 122 Å². The summed E-state index contributed by atoms with van der Waals surface area (Å²) in [6.07, 6.45) is 0. The SMILES string of the molecule is COCCNCCNS(=O)(=O)c1ccc(C)c(Br)c1. The molecule has 0 aromatic heterocycles. The molecule has 0 amide bonds. The van der Waals surface area contributed by atoms with E-state index in [0.29, 0.717) is 26.2 Å². The monoisotopic (exact) mass is 350 g/mol. The van der Waals surface area contributed by atoms with Gasteiger partial charge in [-0.05, 0) is 24.6 Å². The topological polar surface area (TPSA) is 67.4 Å². The molecular weight excluding hydrogens is 332 g/mol. The summed E-state index contributed by atoms with van der Waals surface area (Å²) in [5.41, 5.74) is 1.00. The van der Waals surface area contributed by atoms with Gasteiger partial charge in [-0.3, -0.25) is 0 Å². The Morgan fingerprint density at radius 3 is 2.63 bits per heavy atom. The first-order valence-corrected chi connectivity index (χ1v) is 8.20. The molecule has 0 fully saturated rings. The molecule has 0 unspecified atom stereocenters. The molecule has 108 valence electrons. The molecule has 0 atom stereocenters. The summed E-state index contributed by atoms with van der Waals surface area (Å²) in [5.74, 6) is 0. The Kier molecular flexibility index (Phi) is 6.95. The third-order valence-electron chi connectivity index (χ3n) is 2.53. The average molecular weight is 351 g/mol. The number of halogens is 1. The predicted molar refractivity (Wildman–Crippen MR) is 78.8 cm³/mol. The molecular formula is C12H19BrN2O3S. The molecule has 5 nitrogen and oxygen atoms in total. The zero-order valence-electron chi connectivity index (χ0n) is 11.1. The number of nitrogens with one attached hydrogen (secondary N) is 2. The van der Waals surface area contributed by atoms with E-state index < -0.39 is 10.0 Å². The molecule has 0 radical (unpaired) electrons. The van der Waals surface area contributed by atoms with Crippen LogP contribution in [0.3, 0.4) is 0 Å². The van der Waals surface area contributed by atoms with E-state index in [-0.39, 0.29) is 4.90 Å². The lowest BCUT2D eigenvalue weighted by molar-refractivity contribution is 0.199. The molecule has 7 heteroatoms. The van der Waals surface area contributed by atoms with Gasteiger partial charge in [-0.2, -0.15) is 0 Å². The molecule has 1 aromatic rings. The molecule has 1 aromatic carbocycles. The van der Waals surface area contributed by atoms with Crippen molar-refractivity contribution in [2.24, 2.45) is 0 Å². The highest BCUT2D eigenvalue weighted by molar-refractivity contribution is 9.10. The van der Waals surface area contributed by atoms with E-state index in [2.05, 4.69) is 26.0 Å². The van der Waals surface area contributed by atoms with Crippen LogP contribution < -0.4 is 10.0 Å². The molecule has 1 rings (SSSR count). The Balaban J connectivity index is 2.49. The number of benzene rings is 1. The minimum atomic E-state index is -3.44. The smallest absolute Gasteiger partial charge is 0.240 e. The summed E-state index contributed by atoms with van der Waals surface area (Å²) in [6.45, 7) is 4.13. The van der Waals surface area contributed by atoms with Gasteiger partial charge in [-0.15, -0.1) is 0 Å². The first-order chi connectivity index (χ1) is 8.97. The fraction of sp³-hybridized carbons (Fsp3) is 0.500. The van der Waals surface area contributed by atoms with Crippen LogP contribution in [0.4, 0.5) is 0 Å². The maximum absolute atomic E-state index is 12.0. The highest BCUT2D eigenvalue weighted by atomic mass is 79.9. The highest BCUT2D eigenvalue weighted by Crippen LogP contribution is 2.20. The Hall–Kier alpha value is -0.470. The quantitative estimate of drug-likeness (QED) is 0.693. The normalized spacial score (nSPS) is 11.7. The summed E-state index contributed by atoms with van der Waals surface area (Å²) < 4.78 is 32.2.